The van der Waals surface area contributed by atoms with Crippen LogP contribution in [0.5, 0.6) is 0 Å². The maximum Gasteiger partial charge on any atom is 0.336 e. The fourth-order valence-electron chi connectivity index (χ4n) is 1.15. The molecule has 0 aliphatic heterocycles. The first kappa shape index (κ1) is 10.9. The van der Waals surface area contributed by atoms with Gasteiger partial charge in [0.25, 0.3) is 0 Å². The van der Waals surface area contributed by atoms with Crippen LogP contribution in [0.2, 0.25) is 0 Å². The van der Waals surface area contributed by atoms with Crippen molar-refractivity contribution in [2.24, 2.45) is 5.73 Å². The average molecular weight is 207 g/mol. The third-order valence-corrected chi connectivity index (χ3v) is 1.92. The lowest BCUT2D eigenvalue weighted by Crippen LogP contribution is -2.17. The molecule has 0 heterocycles. The van der Waals surface area contributed by atoms with E-state index in [1.165, 1.54) is 25.1 Å². The second-order valence-corrected chi connectivity index (χ2v) is 2.99. The Kier molecular flexibility index (Phi) is 2.85. The van der Waals surface area contributed by atoms with Gasteiger partial charge >= 0.3 is 5.97 Å². The summed E-state index contributed by atoms with van der Waals surface area (Å²) in [6, 6.07) is 3.73. The van der Waals surface area contributed by atoms with Gasteiger partial charge in [-0.3, -0.25) is 9.59 Å². The molecule has 5 heteroatoms. The highest BCUT2D eigenvalue weighted by atomic mass is 16.4. The first-order valence-corrected chi connectivity index (χ1v) is 4.11. The quantitative estimate of drug-likeness (QED) is 0.712. The number of hydrogen-bond acceptors (Lipinski definition) is 3. The lowest BCUT2D eigenvalue weighted by atomic mass is 10.0. The highest BCUT2D eigenvalue weighted by Gasteiger charge is 2.15. The molecule has 1 aromatic rings. The molecule has 0 atom stereocenters. The Morgan fingerprint density at radius 3 is 2.20 bits per heavy atom. The summed E-state index contributed by atoms with van der Waals surface area (Å²) in [5, 5.41) is 8.75. The Morgan fingerprint density at radius 2 is 1.80 bits per heavy atom. The lowest BCUT2D eigenvalue weighted by molar-refractivity contribution is 0.0691. The highest BCUT2D eigenvalue weighted by molar-refractivity contribution is 6.06. The molecule has 0 aliphatic rings. The molecule has 15 heavy (non-hydrogen) atoms. The molecule has 5 nitrogen and oxygen atoms in total. The van der Waals surface area contributed by atoms with Crippen LogP contribution in [0, 0.1) is 0 Å². The Labute approximate surface area is 85.5 Å². The van der Waals surface area contributed by atoms with E-state index in [-0.39, 0.29) is 22.5 Å². The number of Topliss-reactive ketones (excluding diaryl/α,β-unsaturated/α-hetero) is 1. The molecule has 0 radical (unpaired) electrons. The van der Waals surface area contributed by atoms with Gasteiger partial charge in [0.1, 0.15) is 0 Å². The van der Waals surface area contributed by atoms with Gasteiger partial charge in [0.05, 0.1) is 11.1 Å². The summed E-state index contributed by atoms with van der Waals surface area (Å²) in [5.41, 5.74) is 4.91. The van der Waals surface area contributed by atoms with Crippen LogP contribution in [0.25, 0.3) is 0 Å². The van der Waals surface area contributed by atoms with Crippen molar-refractivity contribution in [3.05, 3.63) is 34.9 Å². The summed E-state index contributed by atoms with van der Waals surface area (Å²) >= 11 is 0. The Balaban J connectivity index is 3.40. The second kappa shape index (κ2) is 3.91. The molecule has 1 rings (SSSR count). The molecule has 0 unspecified atom stereocenters. The van der Waals surface area contributed by atoms with Gasteiger partial charge < -0.3 is 10.8 Å². The number of carboxylic acids is 1. The zero-order valence-electron chi connectivity index (χ0n) is 7.98. The van der Waals surface area contributed by atoms with Crippen LogP contribution >= 0.6 is 0 Å². The van der Waals surface area contributed by atoms with E-state index in [0.29, 0.717) is 0 Å². The zero-order valence-corrected chi connectivity index (χ0v) is 7.98. The van der Waals surface area contributed by atoms with Crippen molar-refractivity contribution >= 4 is 17.7 Å². The fraction of sp³-hybridized carbons (Fsp3) is 0.100. The minimum absolute atomic E-state index is 0.157. The van der Waals surface area contributed by atoms with E-state index in [9.17, 15) is 14.4 Å². The van der Waals surface area contributed by atoms with E-state index >= 15 is 0 Å². The molecule has 0 aromatic heterocycles. The molecule has 3 N–H and O–H groups in total. The number of benzene rings is 1. The summed E-state index contributed by atoms with van der Waals surface area (Å²) in [7, 11) is 0. The summed E-state index contributed by atoms with van der Waals surface area (Å²) in [6.45, 7) is 1.32. The van der Waals surface area contributed by atoms with Gasteiger partial charge in [-0.1, -0.05) is 6.07 Å². The summed E-state index contributed by atoms with van der Waals surface area (Å²) in [4.78, 5) is 32.7. The topological polar surface area (TPSA) is 97.5 Å². The van der Waals surface area contributed by atoms with E-state index < -0.39 is 11.9 Å². The van der Waals surface area contributed by atoms with Crippen molar-refractivity contribution in [3.63, 3.8) is 0 Å². The van der Waals surface area contributed by atoms with Crippen LogP contribution in [0.15, 0.2) is 18.2 Å². The molecule has 1 amide bonds. The number of rotatable bonds is 3. The predicted molar refractivity (Wildman–Crippen MR) is 51.9 cm³/mol. The second-order valence-electron chi connectivity index (χ2n) is 2.99. The molecular weight excluding hydrogens is 198 g/mol. The number of carbonyl (C=O) groups is 3. The molecule has 1 aromatic carbocycles. The summed E-state index contributed by atoms with van der Waals surface area (Å²) in [5.74, 6) is -2.37. The summed E-state index contributed by atoms with van der Waals surface area (Å²) in [6.07, 6.45) is 0. The molecule has 0 saturated carbocycles. The number of carbonyl (C=O) groups excluding carboxylic acids is 2. The Bertz CT molecular complexity index is 451. The van der Waals surface area contributed by atoms with Crippen LogP contribution in [-0.4, -0.2) is 22.8 Å². The van der Waals surface area contributed by atoms with Gasteiger partial charge in [-0.15, -0.1) is 0 Å². The van der Waals surface area contributed by atoms with Crippen LogP contribution in [0.1, 0.15) is 38.0 Å². The first-order chi connectivity index (χ1) is 6.93. The normalized spacial score (nSPS) is 9.67. The van der Waals surface area contributed by atoms with E-state index in [1.54, 1.807) is 0 Å². The van der Waals surface area contributed by atoms with Crippen molar-refractivity contribution < 1.29 is 19.5 Å². The van der Waals surface area contributed by atoms with Crippen LogP contribution in [-0.2, 0) is 0 Å². The van der Waals surface area contributed by atoms with E-state index in [1.807, 2.05) is 0 Å². The van der Waals surface area contributed by atoms with Crippen molar-refractivity contribution in [1.29, 1.82) is 0 Å². The number of nitrogens with two attached hydrogens (primary N) is 1. The standard InChI is InChI=1S/C10H9NO4/c1-5(12)6-2-3-7(10(14)15)8(4-6)9(11)13/h2-4H,1H3,(H2,11,13)(H,14,15). The van der Waals surface area contributed by atoms with Gasteiger partial charge in [0, 0.05) is 5.56 Å². The van der Waals surface area contributed by atoms with Crippen LogP contribution in [0.4, 0.5) is 0 Å². The maximum atomic E-state index is 11.0. The number of aromatic carboxylic acids is 1. The Morgan fingerprint density at radius 1 is 1.20 bits per heavy atom. The molecule has 78 valence electrons. The molecule has 0 fully saturated rings. The minimum Gasteiger partial charge on any atom is -0.478 e. The van der Waals surface area contributed by atoms with Gasteiger partial charge in [0.15, 0.2) is 5.78 Å². The van der Waals surface area contributed by atoms with E-state index in [2.05, 4.69) is 0 Å². The number of ketones is 1. The van der Waals surface area contributed by atoms with Crippen molar-refractivity contribution in [2.45, 2.75) is 6.92 Å². The third-order valence-electron chi connectivity index (χ3n) is 1.92. The summed E-state index contributed by atoms with van der Waals surface area (Å²) < 4.78 is 0. The fourth-order valence-corrected chi connectivity index (χ4v) is 1.15. The SMILES string of the molecule is CC(=O)c1ccc(C(=O)O)c(C(N)=O)c1. The number of amides is 1. The first-order valence-electron chi connectivity index (χ1n) is 4.11. The van der Waals surface area contributed by atoms with Gasteiger partial charge in [-0.2, -0.15) is 0 Å². The molecule has 0 bridgehead atoms. The smallest absolute Gasteiger partial charge is 0.336 e. The molecule has 0 spiro atoms. The average Bonchev–Trinajstić information content (AvgIpc) is 2.16. The van der Waals surface area contributed by atoms with Crippen molar-refractivity contribution in [1.82, 2.24) is 0 Å². The lowest BCUT2D eigenvalue weighted by Gasteiger charge is -2.03. The number of carboxylic acid groups (broad SMARTS) is 1. The van der Waals surface area contributed by atoms with E-state index in [4.69, 9.17) is 10.8 Å². The monoisotopic (exact) mass is 207 g/mol. The van der Waals surface area contributed by atoms with Gasteiger partial charge in [-0.25, -0.2) is 4.79 Å². The minimum atomic E-state index is -1.25. The molecular formula is C10H9NO4. The third kappa shape index (κ3) is 2.19. The number of hydrogen-bond donors (Lipinski definition) is 2. The zero-order chi connectivity index (χ0) is 11.6. The predicted octanol–water partition coefficient (Wildman–Crippen LogP) is 0.686. The maximum absolute atomic E-state index is 11.0. The largest absolute Gasteiger partial charge is 0.478 e. The molecule has 0 saturated heterocycles. The highest BCUT2D eigenvalue weighted by Crippen LogP contribution is 2.12. The van der Waals surface area contributed by atoms with Crippen LogP contribution < -0.4 is 5.73 Å². The van der Waals surface area contributed by atoms with Crippen LogP contribution in [0.3, 0.4) is 0 Å². The number of primary amides is 1. The van der Waals surface area contributed by atoms with E-state index in [0.717, 1.165) is 0 Å². The van der Waals surface area contributed by atoms with Crippen molar-refractivity contribution in [2.75, 3.05) is 0 Å². The molecule has 0 aliphatic carbocycles. The van der Waals surface area contributed by atoms with Crippen molar-refractivity contribution in [3.8, 4) is 0 Å². The Hall–Kier alpha value is -2.17. The van der Waals surface area contributed by atoms with Gasteiger partial charge in [-0.05, 0) is 19.1 Å². The van der Waals surface area contributed by atoms with Gasteiger partial charge in [0.2, 0.25) is 5.91 Å².